The quantitative estimate of drug-likeness (QED) is 0.379. The number of phenolic OH excluding ortho intramolecular Hbond substituents is 1. The zero-order chi connectivity index (χ0) is 21.7. The number of nitrogens with two attached hydrogens (primary N) is 1. The number of hydrogen-bond donors (Lipinski definition) is 4. The Labute approximate surface area is 181 Å². The number of fused-ring (bicyclic) bond motifs is 5. The first kappa shape index (κ1) is 19.3. The van der Waals surface area contributed by atoms with Crippen LogP contribution in [-0.4, -0.2) is 25.2 Å². The largest absolute Gasteiger partial charge is 0.502 e. The van der Waals surface area contributed by atoms with Gasteiger partial charge in [-0.1, -0.05) is 24.3 Å². The lowest BCUT2D eigenvalue weighted by molar-refractivity contribution is 0.336. The molecule has 6 nitrogen and oxygen atoms in total. The number of ether oxygens (including phenoxy) is 2. The van der Waals surface area contributed by atoms with E-state index >= 15 is 0 Å². The third-order valence-corrected chi connectivity index (χ3v) is 6.57. The summed E-state index contributed by atoms with van der Waals surface area (Å²) in [5.74, 6) is 1.29. The van der Waals surface area contributed by atoms with Gasteiger partial charge in [-0.05, 0) is 64.9 Å². The number of methoxy groups -OCH3 is 2. The van der Waals surface area contributed by atoms with Crippen LogP contribution in [0.2, 0.25) is 0 Å². The van der Waals surface area contributed by atoms with Gasteiger partial charge in [-0.25, -0.2) is 0 Å². The highest BCUT2D eigenvalue weighted by molar-refractivity contribution is 5.95. The average molecular weight is 415 g/mol. The van der Waals surface area contributed by atoms with Crippen molar-refractivity contribution in [1.82, 2.24) is 0 Å². The molecule has 5 N–H and O–H groups in total. The molecule has 0 amide bonds. The molecule has 6 heteroatoms. The summed E-state index contributed by atoms with van der Waals surface area (Å²) in [6.45, 7) is 0. The highest BCUT2D eigenvalue weighted by atomic mass is 16.5. The highest BCUT2D eigenvalue weighted by Gasteiger charge is 2.43. The maximum Gasteiger partial charge on any atom is 0.200 e. The van der Waals surface area contributed by atoms with Crippen LogP contribution >= 0.6 is 0 Å². The fourth-order valence-electron chi connectivity index (χ4n) is 5.15. The molecule has 3 unspecified atom stereocenters. The van der Waals surface area contributed by atoms with E-state index < -0.39 is 0 Å². The zero-order valence-corrected chi connectivity index (χ0v) is 17.5. The van der Waals surface area contributed by atoms with Crippen molar-refractivity contribution in [1.29, 1.82) is 5.41 Å². The molecule has 158 valence electrons. The maximum absolute atomic E-state index is 10.4. The fourth-order valence-corrected chi connectivity index (χ4v) is 5.15. The van der Waals surface area contributed by atoms with E-state index in [-0.39, 0.29) is 29.5 Å². The predicted octanol–water partition coefficient (Wildman–Crippen LogP) is 4.16. The van der Waals surface area contributed by atoms with Crippen molar-refractivity contribution in [2.45, 2.75) is 18.4 Å². The molecule has 0 saturated heterocycles. The minimum Gasteiger partial charge on any atom is -0.502 e. The highest BCUT2D eigenvalue weighted by Crippen LogP contribution is 2.55. The molecule has 3 aromatic carbocycles. The van der Waals surface area contributed by atoms with Gasteiger partial charge >= 0.3 is 0 Å². The second-order valence-corrected chi connectivity index (χ2v) is 8.16. The van der Waals surface area contributed by atoms with Gasteiger partial charge in [0.15, 0.2) is 11.5 Å². The van der Waals surface area contributed by atoms with Gasteiger partial charge in [-0.15, -0.1) is 0 Å². The van der Waals surface area contributed by atoms with Crippen LogP contribution in [0.4, 0.5) is 5.69 Å². The molecule has 0 aromatic heterocycles. The summed E-state index contributed by atoms with van der Waals surface area (Å²) in [5.41, 5.74) is 12.4. The van der Waals surface area contributed by atoms with Crippen molar-refractivity contribution < 1.29 is 14.6 Å². The Morgan fingerprint density at radius 1 is 1.03 bits per heavy atom. The van der Waals surface area contributed by atoms with E-state index in [1.165, 1.54) is 11.1 Å². The maximum atomic E-state index is 10.4. The van der Waals surface area contributed by atoms with Gasteiger partial charge in [-0.3, -0.25) is 5.41 Å². The number of nitrogens with one attached hydrogen (secondary N) is 2. The van der Waals surface area contributed by atoms with Crippen molar-refractivity contribution in [2.75, 3.05) is 19.5 Å². The Morgan fingerprint density at radius 3 is 2.42 bits per heavy atom. The van der Waals surface area contributed by atoms with E-state index in [1.54, 1.807) is 14.2 Å². The minimum absolute atomic E-state index is 0.00215. The third-order valence-electron chi connectivity index (χ3n) is 6.57. The Kier molecular flexibility index (Phi) is 4.50. The number of anilines is 1. The Balaban J connectivity index is 1.68. The summed E-state index contributed by atoms with van der Waals surface area (Å²) in [6.07, 6.45) is 0.924. The van der Waals surface area contributed by atoms with E-state index in [0.29, 0.717) is 11.5 Å². The van der Waals surface area contributed by atoms with Gasteiger partial charge in [-0.2, -0.15) is 0 Å². The third kappa shape index (κ3) is 2.98. The first-order valence-corrected chi connectivity index (χ1v) is 10.3. The lowest BCUT2D eigenvalue weighted by atomic mass is 9.75. The summed E-state index contributed by atoms with van der Waals surface area (Å²) in [5, 5.41) is 22.0. The first-order valence-electron chi connectivity index (χ1n) is 10.3. The summed E-state index contributed by atoms with van der Waals surface area (Å²) in [6, 6.07) is 18.2. The van der Waals surface area contributed by atoms with Crippen LogP contribution in [0, 0.1) is 11.3 Å². The van der Waals surface area contributed by atoms with Crippen molar-refractivity contribution in [2.24, 2.45) is 11.7 Å². The molecule has 1 aliphatic carbocycles. The second-order valence-electron chi connectivity index (χ2n) is 8.16. The lowest BCUT2D eigenvalue weighted by Crippen LogP contribution is -2.30. The number of rotatable bonds is 4. The number of amidine groups is 1. The summed E-state index contributed by atoms with van der Waals surface area (Å²) < 4.78 is 10.8. The van der Waals surface area contributed by atoms with Crippen LogP contribution in [0.15, 0.2) is 54.6 Å². The van der Waals surface area contributed by atoms with Crippen molar-refractivity contribution in [3.63, 3.8) is 0 Å². The number of nitrogen functional groups attached to an aromatic ring is 1. The van der Waals surface area contributed by atoms with E-state index in [1.807, 2.05) is 30.3 Å². The predicted molar refractivity (Wildman–Crippen MR) is 121 cm³/mol. The molecule has 0 saturated carbocycles. The van der Waals surface area contributed by atoms with Gasteiger partial charge in [0.05, 0.1) is 20.3 Å². The van der Waals surface area contributed by atoms with Crippen LogP contribution < -0.4 is 20.5 Å². The lowest BCUT2D eigenvalue weighted by Gasteiger charge is -2.38. The van der Waals surface area contributed by atoms with Gasteiger partial charge in [0, 0.05) is 17.2 Å². The second kappa shape index (κ2) is 7.23. The minimum atomic E-state index is -0.00326. The Bertz CT molecular complexity index is 1170. The number of hydrogen-bond acceptors (Lipinski definition) is 5. The molecule has 5 rings (SSSR count). The van der Waals surface area contributed by atoms with E-state index in [0.717, 1.165) is 28.8 Å². The normalized spacial score (nSPS) is 20.8. The number of phenols is 1. The summed E-state index contributed by atoms with van der Waals surface area (Å²) in [4.78, 5) is 0. The fraction of sp³-hybridized carbons (Fsp3) is 0.240. The molecular weight excluding hydrogens is 390 g/mol. The van der Waals surface area contributed by atoms with Gasteiger partial charge in [0.1, 0.15) is 5.84 Å². The molecule has 2 aliphatic rings. The van der Waals surface area contributed by atoms with E-state index in [2.05, 4.69) is 29.6 Å². The molecule has 0 fully saturated rings. The van der Waals surface area contributed by atoms with Gasteiger partial charge in [0.2, 0.25) is 5.75 Å². The number of benzene rings is 3. The molecule has 31 heavy (non-hydrogen) atoms. The van der Waals surface area contributed by atoms with Gasteiger partial charge in [0.25, 0.3) is 0 Å². The van der Waals surface area contributed by atoms with Crippen LogP contribution in [0.5, 0.6) is 17.2 Å². The topological polar surface area (TPSA) is 101 Å². The van der Waals surface area contributed by atoms with Crippen LogP contribution in [0.1, 0.15) is 39.8 Å². The molecule has 3 aromatic rings. The zero-order valence-electron chi connectivity index (χ0n) is 17.5. The summed E-state index contributed by atoms with van der Waals surface area (Å²) in [7, 11) is 3.08. The molecule has 0 radical (unpaired) electrons. The molecule has 3 atom stereocenters. The molecular formula is C25H25N3O3. The monoisotopic (exact) mass is 415 g/mol. The standard InChI is InChI=1S/C25H25N3O3/c1-30-20-11-15(12-21(31-2)24(20)29)23-18-9-13-5-3-4-6-16(13)22(18)17-10-14(25(26)27)7-8-19(17)28-23/h3-8,10-12,18,22-23,28-29H,9H2,1-2H3,(H3,26,27). The molecule has 0 spiro atoms. The Hall–Kier alpha value is -3.67. The smallest absolute Gasteiger partial charge is 0.200 e. The van der Waals surface area contributed by atoms with Crippen molar-refractivity contribution in [3.8, 4) is 17.2 Å². The van der Waals surface area contributed by atoms with Crippen molar-refractivity contribution in [3.05, 3.63) is 82.4 Å². The number of aromatic hydroxyl groups is 1. The average Bonchev–Trinajstić information content (AvgIpc) is 3.18. The summed E-state index contributed by atoms with van der Waals surface area (Å²) >= 11 is 0. The van der Waals surface area contributed by atoms with E-state index in [4.69, 9.17) is 20.6 Å². The Morgan fingerprint density at radius 2 is 1.74 bits per heavy atom. The first-order chi connectivity index (χ1) is 15.0. The molecule has 0 bridgehead atoms. The van der Waals surface area contributed by atoms with Crippen molar-refractivity contribution >= 4 is 11.5 Å². The van der Waals surface area contributed by atoms with Crippen LogP contribution in [0.25, 0.3) is 0 Å². The SMILES string of the molecule is COc1cc(C2Nc3ccc(C(=N)N)cc3C3c4ccccc4CC23)cc(OC)c1O. The van der Waals surface area contributed by atoms with Crippen LogP contribution in [-0.2, 0) is 6.42 Å². The molecule has 1 heterocycles. The van der Waals surface area contributed by atoms with E-state index in [9.17, 15) is 5.11 Å². The van der Waals surface area contributed by atoms with Gasteiger partial charge < -0.3 is 25.6 Å². The van der Waals surface area contributed by atoms with Crippen LogP contribution in [0.3, 0.4) is 0 Å². The molecule has 1 aliphatic heterocycles.